The van der Waals surface area contributed by atoms with E-state index in [1.54, 1.807) is 0 Å². The summed E-state index contributed by atoms with van der Waals surface area (Å²) in [4.78, 5) is 13.0. The minimum atomic E-state index is 0.387. The molecular weight excluding hydrogens is 320 g/mol. The molecule has 4 nitrogen and oxygen atoms in total. The zero-order valence-electron chi connectivity index (χ0n) is 15.2. The van der Waals surface area contributed by atoms with Gasteiger partial charge in [-0.2, -0.15) is 0 Å². The number of hydrogen-bond donors (Lipinski definition) is 1. The van der Waals surface area contributed by atoms with Crippen molar-refractivity contribution in [3.05, 3.63) is 60.4 Å². The second kappa shape index (κ2) is 6.44. The van der Waals surface area contributed by atoms with Gasteiger partial charge in [-0.15, -0.1) is 0 Å². The van der Waals surface area contributed by atoms with Crippen LogP contribution in [0.2, 0.25) is 0 Å². The Morgan fingerprint density at radius 2 is 1.92 bits per heavy atom. The van der Waals surface area contributed by atoms with Crippen molar-refractivity contribution in [3.8, 4) is 0 Å². The molecule has 3 aromatic rings. The van der Waals surface area contributed by atoms with Gasteiger partial charge in [-0.25, -0.2) is 4.98 Å². The van der Waals surface area contributed by atoms with Crippen molar-refractivity contribution in [2.45, 2.75) is 37.8 Å². The van der Waals surface area contributed by atoms with Crippen LogP contribution >= 0.6 is 0 Å². The maximum Gasteiger partial charge on any atom is 0.128 e. The average Bonchev–Trinajstić information content (AvgIpc) is 3.30. The van der Waals surface area contributed by atoms with E-state index in [0.29, 0.717) is 5.54 Å². The number of pyridine rings is 1. The minimum Gasteiger partial charge on any atom is -0.361 e. The lowest BCUT2D eigenvalue weighted by Gasteiger charge is -2.45. The van der Waals surface area contributed by atoms with Crippen molar-refractivity contribution in [2.24, 2.45) is 0 Å². The van der Waals surface area contributed by atoms with Crippen LogP contribution in [0.5, 0.6) is 0 Å². The zero-order chi connectivity index (χ0) is 17.4. The first-order valence-electron chi connectivity index (χ1n) is 9.80. The van der Waals surface area contributed by atoms with Crippen molar-refractivity contribution < 1.29 is 0 Å². The average molecular weight is 346 g/mol. The Morgan fingerprint density at radius 3 is 2.77 bits per heavy atom. The number of piperidine rings is 1. The minimum absolute atomic E-state index is 0.387. The number of hydrogen-bond acceptors (Lipinski definition) is 3. The number of aromatic amines is 1. The third kappa shape index (κ3) is 2.78. The van der Waals surface area contributed by atoms with Gasteiger partial charge in [0.2, 0.25) is 0 Å². The van der Waals surface area contributed by atoms with Gasteiger partial charge < -0.3 is 9.88 Å². The fraction of sp³-hybridized carbons (Fsp3) is 0.409. The van der Waals surface area contributed by atoms with E-state index in [1.165, 1.54) is 48.7 Å². The molecule has 0 amide bonds. The molecule has 0 unspecified atom stereocenters. The molecule has 2 saturated heterocycles. The molecule has 2 fully saturated rings. The van der Waals surface area contributed by atoms with Crippen molar-refractivity contribution in [2.75, 3.05) is 24.5 Å². The molecular formula is C22H26N4. The second-order valence-electron chi connectivity index (χ2n) is 7.82. The van der Waals surface area contributed by atoms with Gasteiger partial charge in [0.15, 0.2) is 0 Å². The second-order valence-corrected chi connectivity index (χ2v) is 7.82. The summed E-state index contributed by atoms with van der Waals surface area (Å²) < 4.78 is 0. The normalized spacial score (nSPS) is 20.2. The predicted molar refractivity (Wildman–Crippen MR) is 106 cm³/mol. The summed E-state index contributed by atoms with van der Waals surface area (Å²) in [6.45, 7) is 4.54. The Bertz CT molecular complexity index is 877. The molecule has 1 aromatic carbocycles. The topological polar surface area (TPSA) is 35.2 Å². The Balaban J connectivity index is 1.31. The summed E-state index contributed by atoms with van der Waals surface area (Å²) in [6.07, 6.45) is 9.09. The molecule has 0 atom stereocenters. The highest BCUT2D eigenvalue weighted by molar-refractivity contribution is 5.79. The fourth-order valence-electron chi connectivity index (χ4n) is 4.92. The van der Waals surface area contributed by atoms with Gasteiger partial charge in [-0.1, -0.05) is 12.1 Å². The quantitative estimate of drug-likeness (QED) is 0.772. The van der Waals surface area contributed by atoms with Crippen LogP contribution in [0.1, 0.15) is 31.2 Å². The van der Waals surface area contributed by atoms with Crippen LogP contribution in [0.15, 0.2) is 54.9 Å². The monoisotopic (exact) mass is 346 g/mol. The number of nitrogens with one attached hydrogen (secondary N) is 1. The SMILES string of the molecule is c1ccc(N2CCC3(CCCN3Cc3ccc4[nH]ccc4c3)CC2)nc1. The van der Waals surface area contributed by atoms with Gasteiger partial charge in [-0.3, -0.25) is 4.90 Å². The molecule has 0 radical (unpaired) electrons. The van der Waals surface area contributed by atoms with Gasteiger partial charge in [0.05, 0.1) is 0 Å². The molecule has 1 N–H and O–H groups in total. The van der Waals surface area contributed by atoms with Crippen LogP contribution < -0.4 is 4.90 Å². The van der Waals surface area contributed by atoms with Gasteiger partial charge >= 0.3 is 0 Å². The van der Waals surface area contributed by atoms with Crippen LogP contribution in [-0.4, -0.2) is 40.0 Å². The molecule has 2 aliphatic heterocycles. The highest BCUT2D eigenvalue weighted by Gasteiger charge is 2.43. The van der Waals surface area contributed by atoms with Crippen molar-refractivity contribution in [1.29, 1.82) is 0 Å². The summed E-state index contributed by atoms with van der Waals surface area (Å²) in [5.74, 6) is 1.13. The first-order chi connectivity index (χ1) is 12.8. The lowest BCUT2D eigenvalue weighted by atomic mass is 9.84. The maximum absolute atomic E-state index is 4.54. The molecule has 0 bridgehead atoms. The third-order valence-corrected chi connectivity index (χ3v) is 6.40. The van der Waals surface area contributed by atoms with E-state index in [9.17, 15) is 0 Å². The number of benzene rings is 1. The smallest absolute Gasteiger partial charge is 0.128 e. The highest BCUT2D eigenvalue weighted by Crippen LogP contribution is 2.40. The van der Waals surface area contributed by atoms with Crippen LogP contribution in [0.3, 0.4) is 0 Å². The molecule has 4 heterocycles. The fourth-order valence-corrected chi connectivity index (χ4v) is 4.92. The summed E-state index contributed by atoms with van der Waals surface area (Å²) in [5.41, 5.74) is 3.05. The van der Waals surface area contributed by atoms with Crippen LogP contribution in [0.4, 0.5) is 5.82 Å². The first-order valence-corrected chi connectivity index (χ1v) is 9.80. The van der Waals surface area contributed by atoms with Crippen LogP contribution in [0, 0.1) is 0 Å². The van der Waals surface area contributed by atoms with E-state index in [-0.39, 0.29) is 0 Å². The molecule has 26 heavy (non-hydrogen) atoms. The first kappa shape index (κ1) is 15.9. The number of likely N-dealkylation sites (tertiary alicyclic amines) is 1. The number of H-pyrrole nitrogens is 1. The molecule has 0 aliphatic carbocycles. The summed E-state index contributed by atoms with van der Waals surface area (Å²) in [5, 5.41) is 1.32. The molecule has 134 valence electrons. The Labute approximate surface area is 154 Å². The molecule has 2 aromatic heterocycles. The largest absolute Gasteiger partial charge is 0.361 e. The molecule has 0 saturated carbocycles. The van der Waals surface area contributed by atoms with E-state index in [0.717, 1.165) is 25.5 Å². The van der Waals surface area contributed by atoms with Gasteiger partial charge in [0.1, 0.15) is 5.82 Å². The third-order valence-electron chi connectivity index (χ3n) is 6.40. The summed E-state index contributed by atoms with van der Waals surface area (Å²) in [6, 6.07) is 15.2. The van der Waals surface area contributed by atoms with E-state index >= 15 is 0 Å². The van der Waals surface area contributed by atoms with Gasteiger partial charge in [0, 0.05) is 43.1 Å². The Kier molecular flexibility index (Phi) is 3.93. The number of anilines is 1. The van der Waals surface area contributed by atoms with E-state index in [4.69, 9.17) is 0 Å². The van der Waals surface area contributed by atoms with E-state index < -0.39 is 0 Å². The molecule has 1 spiro atoms. The summed E-state index contributed by atoms with van der Waals surface area (Å²) >= 11 is 0. The van der Waals surface area contributed by atoms with Gasteiger partial charge in [-0.05, 0) is 73.5 Å². The van der Waals surface area contributed by atoms with Gasteiger partial charge in [0.25, 0.3) is 0 Å². The van der Waals surface area contributed by atoms with Crippen molar-refractivity contribution in [1.82, 2.24) is 14.9 Å². The zero-order valence-corrected chi connectivity index (χ0v) is 15.2. The lowest BCUT2D eigenvalue weighted by molar-refractivity contribution is 0.0997. The Morgan fingerprint density at radius 1 is 1.00 bits per heavy atom. The number of fused-ring (bicyclic) bond motifs is 1. The Hall–Kier alpha value is -2.33. The van der Waals surface area contributed by atoms with E-state index in [1.807, 2.05) is 18.5 Å². The maximum atomic E-state index is 4.54. The molecule has 2 aliphatic rings. The molecule has 4 heteroatoms. The molecule has 5 rings (SSSR count). The van der Waals surface area contributed by atoms with Crippen LogP contribution in [0.25, 0.3) is 10.9 Å². The predicted octanol–water partition coefficient (Wildman–Crippen LogP) is 4.20. The van der Waals surface area contributed by atoms with Crippen molar-refractivity contribution in [3.63, 3.8) is 0 Å². The van der Waals surface area contributed by atoms with E-state index in [2.05, 4.69) is 56.2 Å². The number of aromatic nitrogens is 2. The summed E-state index contributed by atoms with van der Waals surface area (Å²) in [7, 11) is 0. The number of nitrogens with zero attached hydrogens (tertiary/aromatic N) is 3. The lowest BCUT2D eigenvalue weighted by Crippen LogP contribution is -2.52. The standard InChI is InChI=1S/C22H26N4/c1-2-11-24-21(4-1)25-14-9-22(10-15-25)8-3-13-26(22)17-18-5-6-20-19(16-18)7-12-23-20/h1-2,4-7,11-12,16,23H,3,8-10,13-15,17H2. The highest BCUT2D eigenvalue weighted by atomic mass is 15.3. The van der Waals surface area contributed by atoms with Crippen molar-refractivity contribution >= 4 is 16.7 Å². The van der Waals surface area contributed by atoms with Crippen LogP contribution in [-0.2, 0) is 6.54 Å². The number of rotatable bonds is 3.